The molecule has 0 saturated carbocycles. The van der Waals surface area contributed by atoms with E-state index in [1.165, 1.54) is 0 Å². The van der Waals surface area contributed by atoms with Gasteiger partial charge in [-0.05, 0) is 18.9 Å². The number of rotatable bonds is 5. The number of carbonyl (C=O) groups excluding carboxylic acids is 1. The molecule has 2 aromatic rings. The zero-order valence-corrected chi connectivity index (χ0v) is 13.5. The fourth-order valence-electron chi connectivity index (χ4n) is 3.00. The van der Waals surface area contributed by atoms with Crippen LogP contribution in [0.15, 0.2) is 49.1 Å². The zero-order valence-electron chi connectivity index (χ0n) is 13.5. The summed E-state index contributed by atoms with van der Waals surface area (Å²) in [6, 6.07) is 10.1. The molecule has 1 saturated heterocycles. The molecular weight excluding hydrogens is 290 g/mol. The van der Waals surface area contributed by atoms with Gasteiger partial charge in [0.25, 0.3) is 0 Å². The van der Waals surface area contributed by atoms with E-state index < -0.39 is 0 Å². The van der Waals surface area contributed by atoms with Crippen molar-refractivity contribution in [1.82, 2.24) is 14.5 Å². The molecule has 3 rings (SSSR count). The lowest BCUT2D eigenvalue weighted by molar-refractivity contribution is -0.145. The van der Waals surface area contributed by atoms with E-state index in [0.717, 1.165) is 18.5 Å². The minimum Gasteiger partial charge on any atom is -0.367 e. The van der Waals surface area contributed by atoms with Crippen molar-refractivity contribution in [3.05, 3.63) is 54.6 Å². The normalized spacial score (nSPS) is 21.3. The highest BCUT2D eigenvalue weighted by Crippen LogP contribution is 2.25. The number of carbonyl (C=O) groups is 1. The Morgan fingerprint density at radius 2 is 2.13 bits per heavy atom. The Labute approximate surface area is 136 Å². The minimum atomic E-state index is -0.0300. The number of aryl methyl sites for hydroxylation is 1. The fourth-order valence-corrected chi connectivity index (χ4v) is 3.00. The Kier molecular flexibility index (Phi) is 5.08. The van der Waals surface area contributed by atoms with Gasteiger partial charge in [-0.15, -0.1) is 0 Å². The molecule has 0 spiro atoms. The molecule has 5 nitrogen and oxygen atoms in total. The van der Waals surface area contributed by atoms with Gasteiger partial charge in [0.2, 0.25) is 5.91 Å². The van der Waals surface area contributed by atoms with E-state index in [0.29, 0.717) is 19.5 Å². The van der Waals surface area contributed by atoms with Crippen molar-refractivity contribution >= 4 is 5.91 Å². The third-order valence-electron chi connectivity index (χ3n) is 4.15. The second-order valence-corrected chi connectivity index (χ2v) is 6.05. The second-order valence-electron chi connectivity index (χ2n) is 6.05. The number of hydrogen-bond donors (Lipinski definition) is 0. The molecule has 1 aromatic carbocycles. The van der Waals surface area contributed by atoms with Gasteiger partial charge in [0, 0.05) is 31.9 Å². The quantitative estimate of drug-likeness (QED) is 0.852. The van der Waals surface area contributed by atoms with Crippen LogP contribution in [0.5, 0.6) is 0 Å². The van der Waals surface area contributed by atoms with Crippen LogP contribution in [0.2, 0.25) is 0 Å². The summed E-state index contributed by atoms with van der Waals surface area (Å²) >= 11 is 0. The Morgan fingerprint density at radius 1 is 1.30 bits per heavy atom. The number of morpholine rings is 1. The maximum Gasteiger partial charge on any atom is 0.222 e. The van der Waals surface area contributed by atoms with Gasteiger partial charge < -0.3 is 14.2 Å². The number of ether oxygens (including phenoxy) is 1. The Bertz CT molecular complexity index is 612. The molecule has 122 valence electrons. The van der Waals surface area contributed by atoms with E-state index >= 15 is 0 Å². The number of nitrogens with zero attached hydrogens (tertiary/aromatic N) is 3. The first-order valence-corrected chi connectivity index (χ1v) is 8.16. The lowest BCUT2D eigenvalue weighted by atomic mass is 10.1. The highest BCUT2D eigenvalue weighted by Gasteiger charge is 2.28. The van der Waals surface area contributed by atoms with Gasteiger partial charge in [-0.3, -0.25) is 4.79 Å². The third kappa shape index (κ3) is 4.20. The Morgan fingerprint density at radius 3 is 2.87 bits per heavy atom. The van der Waals surface area contributed by atoms with E-state index in [4.69, 9.17) is 4.74 Å². The average molecular weight is 313 g/mol. The van der Waals surface area contributed by atoms with E-state index in [9.17, 15) is 4.79 Å². The van der Waals surface area contributed by atoms with Crippen molar-refractivity contribution in [3.8, 4) is 0 Å². The summed E-state index contributed by atoms with van der Waals surface area (Å²) < 4.78 is 8.01. The predicted molar refractivity (Wildman–Crippen MR) is 87.8 cm³/mol. The van der Waals surface area contributed by atoms with E-state index in [-0.39, 0.29) is 18.1 Å². The summed E-state index contributed by atoms with van der Waals surface area (Å²) in [5, 5.41) is 0. The molecule has 2 heterocycles. The Hall–Kier alpha value is -2.14. The monoisotopic (exact) mass is 313 g/mol. The molecule has 2 atom stereocenters. The average Bonchev–Trinajstić information content (AvgIpc) is 3.08. The van der Waals surface area contributed by atoms with Crippen LogP contribution in [-0.2, 0) is 16.1 Å². The molecule has 1 aliphatic rings. The molecular formula is C18H23N3O2. The zero-order chi connectivity index (χ0) is 16.1. The summed E-state index contributed by atoms with van der Waals surface area (Å²) in [5.74, 6) is 0.209. The molecule has 0 aliphatic carbocycles. The molecule has 0 radical (unpaired) electrons. The number of benzene rings is 1. The van der Waals surface area contributed by atoms with Crippen LogP contribution in [0.4, 0.5) is 0 Å². The minimum absolute atomic E-state index is 0.0300. The molecule has 0 bridgehead atoms. The predicted octanol–water partition coefficient (Wildman–Crippen LogP) is 2.65. The first-order valence-electron chi connectivity index (χ1n) is 8.16. The molecule has 23 heavy (non-hydrogen) atoms. The summed E-state index contributed by atoms with van der Waals surface area (Å²) in [6.07, 6.45) is 6.89. The van der Waals surface area contributed by atoms with Gasteiger partial charge in [0.15, 0.2) is 0 Å². The molecule has 0 N–H and O–H groups in total. The van der Waals surface area contributed by atoms with Crippen LogP contribution in [0.1, 0.15) is 31.4 Å². The summed E-state index contributed by atoms with van der Waals surface area (Å²) in [6.45, 7) is 4.17. The number of imidazole rings is 1. The molecule has 1 amide bonds. The fraction of sp³-hybridized carbons (Fsp3) is 0.444. The highest BCUT2D eigenvalue weighted by atomic mass is 16.5. The first kappa shape index (κ1) is 15.7. The SMILES string of the molecule is C[C@@H]1CN(C(=O)CCCn2ccnc2)C[C@H](c2ccccc2)O1. The van der Waals surface area contributed by atoms with Crippen LogP contribution in [0.25, 0.3) is 0 Å². The summed E-state index contributed by atoms with van der Waals surface area (Å²) in [5.41, 5.74) is 1.13. The Balaban J connectivity index is 1.54. The van der Waals surface area contributed by atoms with Crippen LogP contribution in [0.3, 0.4) is 0 Å². The maximum absolute atomic E-state index is 12.5. The van der Waals surface area contributed by atoms with Gasteiger partial charge in [0.1, 0.15) is 6.10 Å². The van der Waals surface area contributed by atoms with Crippen molar-refractivity contribution in [2.45, 2.75) is 38.5 Å². The highest BCUT2D eigenvalue weighted by molar-refractivity contribution is 5.76. The van der Waals surface area contributed by atoms with E-state index in [2.05, 4.69) is 17.1 Å². The lowest BCUT2D eigenvalue weighted by Gasteiger charge is -2.37. The maximum atomic E-state index is 12.5. The summed E-state index contributed by atoms with van der Waals surface area (Å²) in [7, 11) is 0. The van der Waals surface area contributed by atoms with Gasteiger partial charge in [-0.1, -0.05) is 30.3 Å². The number of hydrogen-bond acceptors (Lipinski definition) is 3. The molecule has 1 aromatic heterocycles. The van der Waals surface area contributed by atoms with Gasteiger partial charge in [-0.25, -0.2) is 4.98 Å². The first-order chi connectivity index (χ1) is 11.2. The van der Waals surface area contributed by atoms with Crippen LogP contribution in [-0.4, -0.2) is 39.6 Å². The van der Waals surface area contributed by atoms with E-state index in [1.807, 2.05) is 40.8 Å². The molecule has 5 heteroatoms. The van der Waals surface area contributed by atoms with Crippen molar-refractivity contribution in [1.29, 1.82) is 0 Å². The van der Waals surface area contributed by atoms with Crippen molar-refractivity contribution in [2.75, 3.05) is 13.1 Å². The van der Waals surface area contributed by atoms with Crippen LogP contribution < -0.4 is 0 Å². The van der Waals surface area contributed by atoms with Crippen molar-refractivity contribution < 1.29 is 9.53 Å². The largest absolute Gasteiger partial charge is 0.367 e. The van der Waals surface area contributed by atoms with Crippen molar-refractivity contribution in [2.24, 2.45) is 0 Å². The summed E-state index contributed by atoms with van der Waals surface area (Å²) in [4.78, 5) is 18.5. The van der Waals surface area contributed by atoms with Gasteiger partial charge in [-0.2, -0.15) is 0 Å². The topological polar surface area (TPSA) is 47.4 Å². The van der Waals surface area contributed by atoms with E-state index in [1.54, 1.807) is 12.5 Å². The lowest BCUT2D eigenvalue weighted by Crippen LogP contribution is -2.45. The second kappa shape index (κ2) is 7.42. The smallest absolute Gasteiger partial charge is 0.222 e. The molecule has 1 aliphatic heterocycles. The standard InChI is InChI=1S/C18H23N3O2/c1-15-12-21(13-17(23-15)16-6-3-2-4-7-16)18(22)8-5-10-20-11-9-19-14-20/h2-4,6-7,9,11,14-15,17H,5,8,10,12-13H2,1H3/t15-,17-/m1/s1. The van der Waals surface area contributed by atoms with Crippen LogP contribution >= 0.6 is 0 Å². The number of aromatic nitrogens is 2. The van der Waals surface area contributed by atoms with Crippen LogP contribution in [0, 0.1) is 0 Å². The molecule has 1 fully saturated rings. The molecule has 0 unspecified atom stereocenters. The third-order valence-corrected chi connectivity index (χ3v) is 4.15. The number of amides is 1. The van der Waals surface area contributed by atoms with Crippen molar-refractivity contribution in [3.63, 3.8) is 0 Å². The van der Waals surface area contributed by atoms with Gasteiger partial charge in [0.05, 0.1) is 19.0 Å². The van der Waals surface area contributed by atoms with Gasteiger partial charge >= 0.3 is 0 Å².